The monoisotopic (exact) mass is 385 g/mol. The number of hydrogen-bond donors (Lipinski definition) is 0. The molecular weight excluding hydrogens is 358 g/mol. The lowest BCUT2D eigenvalue weighted by Gasteiger charge is -2.26. The molecule has 0 radical (unpaired) electrons. The summed E-state index contributed by atoms with van der Waals surface area (Å²) in [7, 11) is 4.63. The van der Waals surface area contributed by atoms with Gasteiger partial charge in [-0.2, -0.15) is 0 Å². The Bertz CT molecular complexity index is 762. The van der Waals surface area contributed by atoms with Crippen molar-refractivity contribution in [3.63, 3.8) is 0 Å². The molecule has 1 aliphatic rings. The Hall–Kier alpha value is -2.73. The van der Waals surface area contributed by atoms with Crippen LogP contribution in [0.3, 0.4) is 0 Å². The van der Waals surface area contributed by atoms with Gasteiger partial charge >= 0.3 is 0 Å². The molecule has 1 heterocycles. The second-order valence-corrected chi connectivity index (χ2v) is 6.72. The van der Waals surface area contributed by atoms with Gasteiger partial charge in [0.25, 0.3) is 5.91 Å². The first-order chi connectivity index (χ1) is 13.7. The Labute approximate surface area is 166 Å². The van der Waals surface area contributed by atoms with Crippen molar-refractivity contribution in [1.82, 2.24) is 4.90 Å². The van der Waals surface area contributed by atoms with Crippen LogP contribution in [-0.4, -0.2) is 51.4 Å². The van der Waals surface area contributed by atoms with Gasteiger partial charge in [0.05, 0.1) is 27.4 Å². The van der Waals surface area contributed by atoms with Crippen LogP contribution < -0.4 is 14.2 Å². The van der Waals surface area contributed by atoms with Crippen LogP contribution >= 0.6 is 0 Å². The number of nitrogens with zero attached hydrogens (tertiary/aromatic N) is 1. The minimum absolute atomic E-state index is 0.0645. The van der Waals surface area contributed by atoms with Gasteiger partial charge in [-0.05, 0) is 30.5 Å². The highest BCUT2D eigenvalue weighted by atomic mass is 16.5. The van der Waals surface area contributed by atoms with Crippen molar-refractivity contribution in [3.8, 4) is 17.2 Å². The fourth-order valence-corrected chi connectivity index (χ4v) is 3.44. The molecule has 0 spiro atoms. The van der Waals surface area contributed by atoms with Gasteiger partial charge in [-0.15, -0.1) is 0 Å². The summed E-state index contributed by atoms with van der Waals surface area (Å²) in [6.45, 7) is 1.81. The standard InChI is InChI=1S/C22H27NO5/c1-25-19-12-17(13-20(26-2)21(19)27-3)22(24)23(15-18-10-7-11-28-18)14-16-8-5-4-6-9-16/h4-6,8-9,12-13,18H,7,10-11,14-15H2,1-3H3. The van der Waals surface area contributed by atoms with E-state index < -0.39 is 0 Å². The summed E-state index contributed by atoms with van der Waals surface area (Å²) in [4.78, 5) is 15.2. The topological polar surface area (TPSA) is 57.2 Å². The number of hydrogen-bond acceptors (Lipinski definition) is 5. The lowest BCUT2D eigenvalue weighted by Crippen LogP contribution is -2.37. The molecule has 0 aliphatic carbocycles. The summed E-state index contributed by atoms with van der Waals surface area (Å²) < 4.78 is 21.9. The van der Waals surface area contributed by atoms with Gasteiger partial charge < -0.3 is 23.8 Å². The van der Waals surface area contributed by atoms with Crippen LogP contribution in [0.4, 0.5) is 0 Å². The average Bonchev–Trinajstić information content (AvgIpc) is 3.25. The molecule has 0 aromatic heterocycles. The number of methoxy groups -OCH3 is 3. The summed E-state index contributed by atoms with van der Waals surface area (Å²) in [6, 6.07) is 13.3. The number of carbonyl (C=O) groups is 1. The molecule has 2 aromatic carbocycles. The maximum Gasteiger partial charge on any atom is 0.254 e. The highest BCUT2D eigenvalue weighted by molar-refractivity contribution is 5.95. The van der Waals surface area contributed by atoms with Crippen molar-refractivity contribution in [1.29, 1.82) is 0 Å². The maximum atomic E-state index is 13.4. The van der Waals surface area contributed by atoms with E-state index in [9.17, 15) is 4.79 Å². The van der Waals surface area contributed by atoms with Crippen LogP contribution in [0, 0.1) is 0 Å². The van der Waals surface area contributed by atoms with Gasteiger partial charge in [0.1, 0.15) is 0 Å². The first-order valence-electron chi connectivity index (χ1n) is 9.41. The Balaban J connectivity index is 1.91. The normalized spacial score (nSPS) is 15.9. The summed E-state index contributed by atoms with van der Waals surface area (Å²) >= 11 is 0. The fourth-order valence-electron chi connectivity index (χ4n) is 3.44. The maximum absolute atomic E-state index is 13.4. The summed E-state index contributed by atoms with van der Waals surface area (Å²) in [6.07, 6.45) is 2.06. The molecule has 1 unspecified atom stereocenters. The van der Waals surface area contributed by atoms with E-state index in [1.165, 1.54) is 0 Å². The molecule has 1 atom stereocenters. The van der Waals surface area contributed by atoms with Crippen molar-refractivity contribution in [2.24, 2.45) is 0 Å². The largest absolute Gasteiger partial charge is 0.493 e. The van der Waals surface area contributed by atoms with E-state index in [0.29, 0.717) is 35.9 Å². The minimum Gasteiger partial charge on any atom is -0.493 e. The molecule has 2 aromatic rings. The van der Waals surface area contributed by atoms with E-state index in [4.69, 9.17) is 18.9 Å². The molecule has 1 amide bonds. The van der Waals surface area contributed by atoms with Crippen LogP contribution in [0.15, 0.2) is 42.5 Å². The van der Waals surface area contributed by atoms with Gasteiger partial charge in [-0.25, -0.2) is 0 Å². The zero-order valence-electron chi connectivity index (χ0n) is 16.6. The molecule has 6 heteroatoms. The molecule has 1 aliphatic heterocycles. The van der Waals surface area contributed by atoms with E-state index in [0.717, 1.165) is 25.0 Å². The molecule has 0 bridgehead atoms. The van der Waals surface area contributed by atoms with Crippen LogP contribution in [0.1, 0.15) is 28.8 Å². The van der Waals surface area contributed by atoms with Gasteiger partial charge in [0.2, 0.25) is 5.75 Å². The van der Waals surface area contributed by atoms with Crippen molar-refractivity contribution < 1.29 is 23.7 Å². The molecule has 6 nitrogen and oxygen atoms in total. The van der Waals surface area contributed by atoms with Crippen LogP contribution in [-0.2, 0) is 11.3 Å². The summed E-state index contributed by atoms with van der Waals surface area (Å²) in [5, 5.41) is 0. The third-order valence-electron chi connectivity index (χ3n) is 4.86. The van der Waals surface area contributed by atoms with E-state index in [1.54, 1.807) is 33.5 Å². The molecule has 28 heavy (non-hydrogen) atoms. The first-order valence-corrected chi connectivity index (χ1v) is 9.41. The van der Waals surface area contributed by atoms with Crippen molar-refractivity contribution in [3.05, 3.63) is 53.6 Å². The van der Waals surface area contributed by atoms with Gasteiger partial charge in [0, 0.05) is 25.3 Å². The van der Waals surface area contributed by atoms with E-state index in [1.807, 2.05) is 35.2 Å². The first kappa shape index (κ1) is 20.0. The van der Waals surface area contributed by atoms with Crippen molar-refractivity contribution >= 4 is 5.91 Å². The molecule has 1 fully saturated rings. The second kappa shape index (κ2) is 9.46. The molecule has 0 N–H and O–H groups in total. The molecule has 3 rings (SSSR count). The van der Waals surface area contributed by atoms with Crippen LogP contribution in [0.5, 0.6) is 17.2 Å². The predicted octanol–water partition coefficient (Wildman–Crippen LogP) is 3.53. The smallest absolute Gasteiger partial charge is 0.254 e. The summed E-state index contributed by atoms with van der Waals surface area (Å²) in [5.74, 6) is 1.29. The SMILES string of the molecule is COc1cc(C(=O)N(Cc2ccccc2)CC2CCCO2)cc(OC)c1OC. The number of ether oxygens (including phenoxy) is 4. The van der Waals surface area contributed by atoms with E-state index >= 15 is 0 Å². The number of amides is 1. The van der Waals surface area contributed by atoms with Gasteiger partial charge in [-0.3, -0.25) is 4.79 Å². The molecule has 0 saturated carbocycles. The third kappa shape index (κ3) is 4.57. The average molecular weight is 385 g/mol. The lowest BCUT2D eigenvalue weighted by atomic mass is 10.1. The van der Waals surface area contributed by atoms with Crippen molar-refractivity contribution in [2.75, 3.05) is 34.5 Å². The Morgan fingerprint density at radius 2 is 1.75 bits per heavy atom. The highest BCUT2D eigenvalue weighted by Gasteiger charge is 2.25. The zero-order valence-corrected chi connectivity index (χ0v) is 16.6. The number of benzene rings is 2. The van der Waals surface area contributed by atoms with E-state index in [-0.39, 0.29) is 12.0 Å². The quantitative estimate of drug-likeness (QED) is 0.696. The third-order valence-corrected chi connectivity index (χ3v) is 4.86. The number of carbonyl (C=O) groups excluding carboxylic acids is 1. The van der Waals surface area contributed by atoms with Gasteiger partial charge in [0.15, 0.2) is 11.5 Å². The predicted molar refractivity (Wildman–Crippen MR) is 106 cm³/mol. The fraction of sp³-hybridized carbons (Fsp3) is 0.409. The molecule has 1 saturated heterocycles. The summed E-state index contributed by atoms with van der Waals surface area (Å²) in [5.41, 5.74) is 1.56. The molecule has 150 valence electrons. The molecular formula is C22H27NO5. The van der Waals surface area contributed by atoms with Crippen LogP contribution in [0.2, 0.25) is 0 Å². The van der Waals surface area contributed by atoms with Crippen molar-refractivity contribution in [2.45, 2.75) is 25.5 Å². The highest BCUT2D eigenvalue weighted by Crippen LogP contribution is 2.38. The second-order valence-electron chi connectivity index (χ2n) is 6.72. The van der Waals surface area contributed by atoms with Gasteiger partial charge in [-0.1, -0.05) is 30.3 Å². The Kier molecular flexibility index (Phi) is 6.76. The zero-order chi connectivity index (χ0) is 19.9. The Morgan fingerprint density at radius 3 is 2.29 bits per heavy atom. The van der Waals surface area contributed by atoms with E-state index in [2.05, 4.69) is 0 Å². The number of rotatable bonds is 8. The van der Waals surface area contributed by atoms with Crippen LogP contribution in [0.25, 0.3) is 0 Å². The lowest BCUT2D eigenvalue weighted by molar-refractivity contribution is 0.0506. The Morgan fingerprint density at radius 1 is 1.07 bits per heavy atom. The minimum atomic E-state index is -0.0985.